The molecule has 0 saturated carbocycles. The smallest absolute Gasteiger partial charge is 0.106 e. The molecule has 18 heavy (non-hydrogen) atoms. The second kappa shape index (κ2) is 5.43. The van der Waals surface area contributed by atoms with Gasteiger partial charge in [0.05, 0.1) is 0 Å². The maximum absolute atomic E-state index is 6.08. The second-order valence-corrected chi connectivity index (χ2v) is 5.75. The highest BCUT2D eigenvalue weighted by Gasteiger charge is 2.26. The van der Waals surface area contributed by atoms with Gasteiger partial charge in [0.1, 0.15) is 4.99 Å². The lowest BCUT2D eigenvalue weighted by Gasteiger charge is -2.24. The van der Waals surface area contributed by atoms with Crippen LogP contribution in [0.3, 0.4) is 0 Å². The molecule has 98 valence electrons. The van der Waals surface area contributed by atoms with Crippen LogP contribution in [0.25, 0.3) is 0 Å². The molecule has 1 aliphatic heterocycles. The Morgan fingerprint density at radius 1 is 1.50 bits per heavy atom. The van der Waals surface area contributed by atoms with Gasteiger partial charge in [-0.05, 0) is 38.7 Å². The minimum Gasteiger partial charge on any atom is -0.389 e. The third-order valence-corrected chi connectivity index (χ3v) is 3.91. The number of thiocarbonyl (C=S) groups is 1. The van der Waals surface area contributed by atoms with Gasteiger partial charge in [-0.3, -0.25) is 0 Å². The van der Waals surface area contributed by atoms with E-state index < -0.39 is 0 Å². The first-order valence-electron chi connectivity index (χ1n) is 6.00. The van der Waals surface area contributed by atoms with Gasteiger partial charge in [-0.1, -0.05) is 23.8 Å². The molecule has 1 atom stereocenters. The van der Waals surface area contributed by atoms with Crippen molar-refractivity contribution in [2.75, 3.05) is 32.1 Å². The highest BCUT2D eigenvalue weighted by Crippen LogP contribution is 2.28. The summed E-state index contributed by atoms with van der Waals surface area (Å²) in [5, 5.41) is 0.721. The number of nitrogens with zero attached hydrogens (tertiary/aromatic N) is 2. The molecule has 0 spiro atoms. The summed E-state index contributed by atoms with van der Waals surface area (Å²) in [7, 11) is 4.22. The van der Waals surface area contributed by atoms with Crippen LogP contribution in [-0.2, 0) is 0 Å². The Morgan fingerprint density at radius 3 is 2.78 bits per heavy atom. The molecule has 3 nitrogen and oxygen atoms in total. The fourth-order valence-corrected chi connectivity index (χ4v) is 2.70. The maximum atomic E-state index is 6.08. The van der Waals surface area contributed by atoms with Crippen LogP contribution in [0.2, 0.25) is 5.02 Å². The van der Waals surface area contributed by atoms with E-state index in [1.165, 1.54) is 0 Å². The quantitative estimate of drug-likeness (QED) is 0.862. The Hall–Kier alpha value is -0.840. The first-order chi connectivity index (χ1) is 8.49. The first kappa shape index (κ1) is 13.6. The van der Waals surface area contributed by atoms with E-state index in [9.17, 15) is 0 Å². The van der Waals surface area contributed by atoms with E-state index in [4.69, 9.17) is 29.6 Å². The van der Waals surface area contributed by atoms with Crippen LogP contribution in [0.5, 0.6) is 0 Å². The summed E-state index contributed by atoms with van der Waals surface area (Å²) in [5.41, 5.74) is 7.74. The summed E-state index contributed by atoms with van der Waals surface area (Å²) in [6.45, 7) is 2.00. The van der Waals surface area contributed by atoms with Gasteiger partial charge in [0.15, 0.2) is 0 Å². The van der Waals surface area contributed by atoms with E-state index in [0.29, 0.717) is 11.0 Å². The molecule has 1 aliphatic rings. The monoisotopic (exact) mass is 283 g/mol. The van der Waals surface area contributed by atoms with Crippen molar-refractivity contribution in [2.24, 2.45) is 5.73 Å². The van der Waals surface area contributed by atoms with E-state index in [0.717, 1.165) is 35.8 Å². The summed E-state index contributed by atoms with van der Waals surface area (Å²) in [6.07, 6.45) is 1.15. The Kier molecular flexibility index (Phi) is 4.10. The minimum atomic E-state index is 0.426. The van der Waals surface area contributed by atoms with Crippen molar-refractivity contribution >= 4 is 34.5 Å². The Balaban J connectivity index is 2.28. The summed E-state index contributed by atoms with van der Waals surface area (Å²) < 4.78 is 0. The first-order valence-corrected chi connectivity index (χ1v) is 6.78. The van der Waals surface area contributed by atoms with Crippen molar-refractivity contribution in [3.63, 3.8) is 0 Å². The Labute approximate surface area is 119 Å². The van der Waals surface area contributed by atoms with E-state index in [1.807, 2.05) is 18.2 Å². The van der Waals surface area contributed by atoms with Crippen LogP contribution in [0.4, 0.5) is 5.69 Å². The number of hydrogen-bond acceptors (Lipinski definition) is 3. The van der Waals surface area contributed by atoms with Crippen LogP contribution in [-0.4, -0.2) is 43.1 Å². The number of nitrogens with two attached hydrogens (primary N) is 1. The highest BCUT2D eigenvalue weighted by atomic mass is 35.5. The van der Waals surface area contributed by atoms with Crippen molar-refractivity contribution in [1.29, 1.82) is 0 Å². The molecule has 2 N–H and O–H groups in total. The standard InChI is InChI=1S/C13H18ClN3S/c1-16(2)10-5-6-17(8-10)12-7-9(14)3-4-11(12)13(15)18/h3-4,7,10H,5-6,8H2,1-2H3,(H2,15,18). The van der Waals surface area contributed by atoms with Crippen LogP contribution in [0, 0.1) is 0 Å². The Bertz CT molecular complexity index is 462. The summed E-state index contributed by atoms with van der Waals surface area (Å²) in [4.78, 5) is 4.99. The van der Waals surface area contributed by atoms with Gasteiger partial charge in [0, 0.05) is 35.4 Å². The Morgan fingerprint density at radius 2 is 2.22 bits per heavy atom. The number of benzene rings is 1. The van der Waals surface area contributed by atoms with Crippen LogP contribution in [0.1, 0.15) is 12.0 Å². The van der Waals surface area contributed by atoms with Gasteiger partial charge in [0.2, 0.25) is 0 Å². The summed E-state index contributed by atoms with van der Waals surface area (Å²) in [5.74, 6) is 0. The van der Waals surface area contributed by atoms with Crippen molar-refractivity contribution in [2.45, 2.75) is 12.5 Å². The van der Waals surface area contributed by atoms with Crippen LogP contribution in [0.15, 0.2) is 18.2 Å². The van der Waals surface area contributed by atoms with Gasteiger partial charge in [0.25, 0.3) is 0 Å². The number of likely N-dealkylation sites (N-methyl/N-ethyl adjacent to an activating group) is 1. The molecule has 1 heterocycles. The van der Waals surface area contributed by atoms with Gasteiger partial charge in [-0.25, -0.2) is 0 Å². The zero-order valence-electron chi connectivity index (χ0n) is 10.7. The van der Waals surface area contributed by atoms with Crippen molar-refractivity contribution in [3.05, 3.63) is 28.8 Å². The molecule has 1 unspecified atom stereocenters. The number of rotatable bonds is 3. The molecule has 0 bridgehead atoms. The number of anilines is 1. The molecule has 5 heteroatoms. The molecule has 0 aliphatic carbocycles. The van der Waals surface area contributed by atoms with Gasteiger partial charge in [-0.15, -0.1) is 0 Å². The normalized spacial score (nSPS) is 19.6. The molecule has 0 amide bonds. The molecule has 1 fully saturated rings. The number of halogens is 1. The van der Waals surface area contributed by atoms with Crippen LogP contribution < -0.4 is 10.6 Å². The van der Waals surface area contributed by atoms with Crippen molar-refractivity contribution < 1.29 is 0 Å². The third kappa shape index (κ3) is 2.76. The van der Waals surface area contributed by atoms with Gasteiger partial charge >= 0.3 is 0 Å². The lowest BCUT2D eigenvalue weighted by atomic mass is 10.1. The molecule has 2 rings (SSSR count). The maximum Gasteiger partial charge on any atom is 0.106 e. The van der Waals surface area contributed by atoms with Gasteiger partial charge < -0.3 is 15.5 Å². The summed E-state index contributed by atoms with van der Waals surface area (Å²) in [6, 6.07) is 6.26. The van der Waals surface area contributed by atoms with Crippen molar-refractivity contribution in [1.82, 2.24) is 4.90 Å². The zero-order chi connectivity index (χ0) is 13.3. The van der Waals surface area contributed by atoms with E-state index in [-0.39, 0.29) is 0 Å². The fourth-order valence-electron chi connectivity index (χ4n) is 2.36. The summed E-state index contributed by atoms with van der Waals surface area (Å²) >= 11 is 11.2. The molecule has 1 saturated heterocycles. The van der Waals surface area contributed by atoms with E-state index >= 15 is 0 Å². The molecule has 1 aromatic carbocycles. The number of hydrogen-bond donors (Lipinski definition) is 1. The zero-order valence-corrected chi connectivity index (χ0v) is 12.3. The van der Waals surface area contributed by atoms with Gasteiger partial charge in [-0.2, -0.15) is 0 Å². The average molecular weight is 284 g/mol. The van der Waals surface area contributed by atoms with E-state index in [2.05, 4.69) is 23.9 Å². The molecular weight excluding hydrogens is 266 g/mol. The molecular formula is C13H18ClN3S. The van der Waals surface area contributed by atoms with Crippen LogP contribution >= 0.6 is 23.8 Å². The molecule has 0 radical (unpaired) electrons. The second-order valence-electron chi connectivity index (χ2n) is 4.88. The third-order valence-electron chi connectivity index (χ3n) is 3.46. The highest BCUT2D eigenvalue weighted by molar-refractivity contribution is 7.80. The SMILES string of the molecule is CN(C)C1CCN(c2cc(Cl)ccc2C(N)=S)C1. The molecule has 1 aromatic rings. The topological polar surface area (TPSA) is 32.5 Å². The largest absolute Gasteiger partial charge is 0.389 e. The van der Waals surface area contributed by atoms with Crippen molar-refractivity contribution in [3.8, 4) is 0 Å². The predicted octanol–water partition coefficient (Wildman–Crippen LogP) is 2.11. The lowest BCUT2D eigenvalue weighted by molar-refractivity contribution is 0.315. The fraction of sp³-hybridized carbons (Fsp3) is 0.462. The average Bonchev–Trinajstić information content (AvgIpc) is 2.77. The lowest BCUT2D eigenvalue weighted by Crippen LogP contribution is -2.32. The van der Waals surface area contributed by atoms with E-state index in [1.54, 1.807) is 0 Å². The predicted molar refractivity (Wildman–Crippen MR) is 81.6 cm³/mol. The minimum absolute atomic E-state index is 0.426. The molecule has 0 aromatic heterocycles.